The predicted molar refractivity (Wildman–Crippen MR) is 247 cm³/mol. The minimum absolute atomic E-state index is 0.132. The number of phenolic OH excluding ortho intramolecular Hbond substituents is 1. The molecule has 2 aromatic carbocycles. The zero-order valence-electron chi connectivity index (χ0n) is 37.2. The number of aromatic nitrogens is 3. The number of aromatic hydroxyl groups is 1. The molecular weight excluding hydrogens is 815 g/mol. The second kappa shape index (κ2) is 19.9. The maximum Gasteiger partial charge on any atom is 0.246 e. The minimum atomic E-state index is -0.745. The van der Waals surface area contributed by atoms with Crippen LogP contribution in [0.3, 0.4) is 0 Å². The quantitative estimate of drug-likeness (QED) is 0.0805. The van der Waals surface area contributed by atoms with Crippen molar-refractivity contribution in [3.63, 3.8) is 0 Å². The Morgan fingerprint density at radius 1 is 0.937 bits per heavy atom. The highest BCUT2D eigenvalue weighted by Crippen LogP contribution is 2.46. The van der Waals surface area contributed by atoms with Gasteiger partial charge in [0, 0.05) is 51.1 Å². The number of nitrogen functional groups attached to an aromatic ring is 1. The van der Waals surface area contributed by atoms with Gasteiger partial charge >= 0.3 is 0 Å². The molecule has 0 unspecified atom stereocenters. The molecule has 4 amide bonds. The lowest BCUT2D eigenvalue weighted by Gasteiger charge is -2.43. The number of rotatable bonds is 17. The SMILES string of the molecule is Cc1ncsc1-c1ccc(CNC(=O)[C@@H]2CCCN2C(=O)[C@@H](NC(=O)CCCCCCCCC(=O)N2CCN(c3cc(-c4ccccc4O)nnc3N)CC23CC3)C(C)(C)C)cc1. The fourth-order valence-corrected chi connectivity index (χ4v) is 9.84. The number of unbranched alkanes of at least 4 members (excludes halogenated alkanes) is 5. The summed E-state index contributed by atoms with van der Waals surface area (Å²) in [6.45, 7) is 10.6. The van der Waals surface area contributed by atoms with Crippen LogP contribution in [0.25, 0.3) is 21.7 Å². The van der Waals surface area contributed by atoms with Gasteiger partial charge in [0.15, 0.2) is 5.82 Å². The molecule has 14 nitrogen and oxygen atoms in total. The van der Waals surface area contributed by atoms with Crippen LogP contribution in [0.4, 0.5) is 11.5 Å². The second-order valence-electron chi connectivity index (χ2n) is 18.6. The molecule has 1 spiro atoms. The van der Waals surface area contributed by atoms with Gasteiger partial charge in [-0.2, -0.15) is 0 Å². The molecule has 15 heteroatoms. The van der Waals surface area contributed by atoms with Crippen molar-refractivity contribution in [2.45, 2.75) is 129 Å². The van der Waals surface area contributed by atoms with Crippen molar-refractivity contribution < 1.29 is 24.3 Å². The zero-order valence-corrected chi connectivity index (χ0v) is 38.0. The normalized spacial score (nSPS) is 17.5. The van der Waals surface area contributed by atoms with Crippen molar-refractivity contribution in [1.29, 1.82) is 0 Å². The summed E-state index contributed by atoms with van der Waals surface area (Å²) in [5.41, 5.74) is 12.4. The number of thiazole rings is 1. The summed E-state index contributed by atoms with van der Waals surface area (Å²) in [5.74, 6) is 0.125. The van der Waals surface area contributed by atoms with E-state index in [1.54, 1.807) is 34.4 Å². The van der Waals surface area contributed by atoms with E-state index in [4.69, 9.17) is 5.73 Å². The van der Waals surface area contributed by atoms with Gasteiger partial charge in [0.05, 0.1) is 33.0 Å². The number of amides is 4. The fourth-order valence-electron chi connectivity index (χ4n) is 9.03. The Kier molecular flexibility index (Phi) is 14.3. The van der Waals surface area contributed by atoms with E-state index in [1.807, 2.05) is 69.6 Å². The van der Waals surface area contributed by atoms with Gasteiger partial charge in [0.25, 0.3) is 0 Å². The van der Waals surface area contributed by atoms with E-state index in [2.05, 4.69) is 35.6 Å². The van der Waals surface area contributed by atoms with Gasteiger partial charge in [-0.05, 0) is 80.2 Å². The topological polar surface area (TPSA) is 187 Å². The first-order chi connectivity index (χ1) is 30.2. The van der Waals surface area contributed by atoms with Gasteiger partial charge < -0.3 is 36.2 Å². The highest BCUT2D eigenvalue weighted by atomic mass is 32.1. The van der Waals surface area contributed by atoms with Crippen LogP contribution < -0.4 is 21.3 Å². The number of anilines is 2. The van der Waals surface area contributed by atoms with Crippen LogP contribution in [0.15, 0.2) is 60.1 Å². The lowest BCUT2D eigenvalue weighted by atomic mass is 9.85. The summed E-state index contributed by atoms with van der Waals surface area (Å²) in [6, 6.07) is 15.7. The van der Waals surface area contributed by atoms with E-state index in [1.165, 1.54) is 0 Å². The molecule has 2 atom stereocenters. The molecule has 2 aromatic heterocycles. The Labute approximate surface area is 375 Å². The maximum absolute atomic E-state index is 14.0. The van der Waals surface area contributed by atoms with E-state index in [0.29, 0.717) is 75.5 Å². The molecule has 7 rings (SSSR count). The lowest BCUT2D eigenvalue weighted by molar-refractivity contribution is -0.143. The Balaban J connectivity index is 0.796. The molecule has 1 saturated carbocycles. The first-order valence-electron chi connectivity index (χ1n) is 22.6. The Bertz CT molecular complexity index is 2250. The molecule has 336 valence electrons. The van der Waals surface area contributed by atoms with Crippen LogP contribution in [-0.4, -0.2) is 97.5 Å². The number of nitrogens with one attached hydrogen (secondary N) is 2. The number of hydrogen-bond donors (Lipinski definition) is 4. The molecular formula is C48H63N9O5S. The third-order valence-corrected chi connectivity index (χ3v) is 13.8. The number of carbonyl (C=O) groups is 4. The van der Waals surface area contributed by atoms with E-state index in [0.717, 1.165) is 78.8 Å². The molecule has 0 radical (unpaired) electrons. The third-order valence-electron chi connectivity index (χ3n) is 12.8. The number of para-hydroxylation sites is 1. The monoisotopic (exact) mass is 877 g/mol. The van der Waals surface area contributed by atoms with Gasteiger partial charge in [-0.3, -0.25) is 19.2 Å². The van der Waals surface area contributed by atoms with Gasteiger partial charge in [0.2, 0.25) is 23.6 Å². The molecule has 3 aliphatic rings. The standard InChI is InChI=1S/C48H63N9O5S/c1-32-42(63-31-51-32)34-21-19-33(20-22-34)29-50-45(61)37-15-13-25-56(37)46(62)43(47(2,3)4)52-40(59)17-9-7-5-6-8-10-18-41(60)57-27-26-55(30-48(57)23-24-48)38-28-36(53-54-44(38)49)35-14-11-12-16-39(35)58/h11-12,14,16,19-22,28,31,37,43,58H,5-10,13,15,17-18,23-27,29-30H2,1-4H3,(H2,49,54)(H,50,61)(H,52,59)/t37-,43+/m0/s1. The van der Waals surface area contributed by atoms with Gasteiger partial charge in [-0.25, -0.2) is 4.98 Å². The molecule has 3 fully saturated rings. The van der Waals surface area contributed by atoms with Gasteiger partial charge in [0.1, 0.15) is 17.8 Å². The Morgan fingerprint density at radius 2 is 1.65 bits per heavy atom. The summed E-state index contributed by atoms with van der Waals surface area (Å²) in [4.78, 5) is 65.5. The number of benzene rings is 2. The van der Waals surface area contributed by atoms with Crippen LogP contribution >= 0.6 is 11.3 Å². The zero-order chi connectivity index (χ0) is 44.7. The smallest absolute Gasteiger partial charge is 0.246 e. The number of nitrogens with zero attached hydrogens (tertiary/aromatic N) is 6. The molecule has 4 heterocycles. The Morgan fingerprint density at radius 3 is 2.33 bits per heavy atom. The first-order valence-corrected chi connectivity index (χ1v) is 23.5. The van der Waals surface area contributed by atoms with E-state index in [9.17, 15) is 24.3 Å². The maximum atomic E-state index is 14.0. The minimum Gasteiger partial charge on any atom is -0.507 e. The second-order valence-corrected chi connectivity index (χ2v) is 19.4. The Hall–Kier alpha value is -5.57. The number of likely N-dealkylation sites (tertiary alicyclic amines) is 1. The van der Waals surface area contributed by atoms with Crippen molar-refractivity contribution in [2.75, 3.05) is 36.8 Å². The summed E-state index contributed by atoms with van der Waals surface area (Å²) in [7, 11) is 0. The first kappa shape index (κ1) is 45.5. The van der Waals surface area contributed by atoms with E-state index < -0.39 is 17.5 Å². The number of piperazine rings is 1. The number of hydrogen-bond acceptors (Lipinski definition) is 11. The van der Waals surface area contributed by atoms with Gasteiger partial charge in [-0.1, -0.05) is 82.9 Å². The number of aryl methyl sites for hydroxylation is 1. The lowest BCUT2D eigenvalue weighted by Crippen LogP contribution is -2.57. The summed E-state index contributed by atoms with van der Waals surface area (Å²) < 4.78 is 0. The summed E-state index contributed by atoms with van der Waals surface area (Å²) in [5, 5.41) is 24.9. The van der Waals surface area contributed by atoms with Crippen molar-refractivity contribution in [3.8, 4) is 27.4 Å². The predicted octanol–water partition coefficient (Wildman–Crippen LogP) is 7.00. The molecule has 2 saturated heterocycles. The summed E-state index contributed by atoms with van der Waals surface area (Å²) in [6.07, 6.45) is 9.42. The van der Waals surface area contributed by atoms with Crippen LogP contribution in [0.2, 0.25) is 0 Å². The molecule has 4 aromatic rings. The average molecular weight is 878 g/mol. The highest BCUT2D eigenvalue weighted by Gasteiger charge is 2.53. The third kappa shape index (κ3) is 11.0. The van der Waals surface area contributed by atoms with Crippen LogP contribution in [-0.2, 0) is 25.7 Å². The number of phenols is 1. The van der Waals surface area contributed by atoms with Crippen LogP contribution in [0, 0.1) is 12.3 Å². The number of carbonyl (C=O) groups excluding carboxylic acids is 4. The molecule has 5 N–H and O–H groups in total. The van der Waals surface area contributed by atoms with Crippen LogP contribution in [0.5, 0.6) is 5.75 Å². The van der Waals surface area contributed by atoms with Crippen molar-refractivity contribution >= 4 is 46.5 Å². The fraction of sp³-hybridized carbons (Fsp3) is 0.521. The number of nitrogens with two attached hydrogens (primary N) is 1. The van der Waals surface area contributed by atoms with Crippen molar-refractivity contribution in [2.24, 2.45) is 5.41 Å². The largest absolute Gasteiger partial charge is 0.507 e. The molecule has 0 bridgehead atoms. The molecule has 63 heavy (non-hydrogen) atoms. The van der Waals surface area contributed by atoms with Gasteiger partial charge in [-0.15, -0.1) is 21.5 Å². The summed E-state index contributed by atoms with van der Waals surface area (Å²) >= 11 is 1.60. The molecule has 1 aliphatic carbocycles. The van der Waals surface area contributed by atoms with E-state index >= 15 is 0 Å². The van der Waals surface area contributed by atoms with Crippen molar-refractivity contribution in [3.05, 3.63) is 71.4 Å². The van der Waals surface area contributed by atoms with E-state index in [-0.39, 0.29) is 34.9 Å². The van der Waals surface area contributed by atoms with Crippen LogP contribution in [0.1, 0.15) is 109 Å². The van der Waals surface area contributed by atoms with Crippen molar-refractivity contribution in [1.82, 2.24) is 35.6 Å². The highest BCUT2D eigenvalue weighted by molar-refractivity contribution is 7.13. The average Bonchev–Trinajstić information content (AvgIpc) is 3.60. The molecule has 2 aliphatic heterocycles.